The third-order valence-electron chi connectivity index (χ3n) is 5.24. The van der Waals surface area contributed by atoms with Gasteiger partial charge in [0.05, 0.1) is 5.41 Å². The highest BCUT2D eigenvalue weighted by Gasteiger charge is 2.43. The molecule has 0 atom stereocenters. The standard InChI is InChI=1S/C19H23NO3/c1-14(15-7-8-15)13-17(21)20-11-9-19(10-12-20,18(22)23)16-5-3-2-4-6-16/h2-6,13,15H,7-12H2,1H3,(H,22,23)/b14-13+. The van der Waals surface area contributed by atoms with Gasteiger partial charge in [0.25, 0.3) is 0 Å². The first-order valence-corrected chi connectivity index (χ1v) is 8.29. The minimum Gasteiger partial charge on any atom is -0.481 e. The fourth-order valence-electron chi connectivity index (χ4n) is 3.43. The van der Waals surface area contributed by atoms with E-state index in [-0.39, 0.29) is 5.91 Å². The number of hydrogen-bond acceptors (Lipinski definition) is 2. The van der Waals surface area contributed by atoms with E-state index in [9.17, 15) is 14.7 Å². The van der Waals surface area contributed by atoms with E-state index in [1.54, 1.807) is 11.0 Å². The van der Waals surface area contributed by atoms with Gasteiger partial charge in [-0.2, -0.15) is 0 Å². The Kier molecular flexibility index (Phi) is 4.24. The van der Waals surface area contributed by atoms with Crippen molar-refractivity contribution in [1.82, 2.24) is 4.90 Å². The van der Waals surface area contributed by atoms with Crippen LogP contribution in [0.25, 0.3) is 0 Å². The third kappa shape index (κ3) is 3.16. The number of rotatable bonds is 4. The molecule has 0 unspecified atom stereocenters. The Morgan fingerprint density at radius 1 is 1.17 bits per heavy atom. The third-order valence-corrected chi connectivity index (χ3v) is 5.24. The van der Waals surface area contributed by atoms with Crippen LogP contribution in [0.2, 0.25) is 0 Å². The molecule has 1 heterocycles. The van der Waals surface area contributed by atoms with Gasteiger partial charge in [-0.1, -0.05) is 35.9 Å². The van der Waals surface area contributed by atoms with Crippen molar-refractivity contribution in [3.05, 3.63) is 47.5 Å². The van der Waals surface area contributed by atoms with E-state index in [4.69, 9.17) is 0 Å². The molecule has 1 amide bonds. The lowest BCUT2D eigenvalue weighted by Crippen LogP contribution is -2.48. The quantitative estimate of drug-likeness (QED) is 0.869. The number of hydrogen-bond donors (Lipinski definition) is 1. The van der Waals surface area contributed by atoms with Crippen molar-refractivity contribution in [3.8, 4) is 0 Å². The molecule has 4 nitrogen and oxygen atoms in total. The van der Waals surface area contributed by atoms with Crippen molar-refractivity contribution < 1.29 is 14.7 Å². The van der Waals surface area contributed by atoms with Crippen LogP contribution in [0, 0.1) is 5.92 Å². The van der Waals surface area contributed by atoms with Crippen LogP contribution >= 0.6 is 0 Å². The molecule has 1 saturated carbocycles. The van der Waals surface area contributed by atoms with E-state index >= 15 is 0 Å². The summed E-state index contributed by atoms with van der Waals surface area (Å²) in [5.74, 6) is -0.173. The molecule has 3 rings (SSSR count). The highest BCUT2D eigenvalue weighted by atomic mass is 16.4. The maximum Gasteiger partial charge on any atom is 0.314 e. The average Bonchev–Trinajstić information content (AvgIpc) is 3.40. The largest absolute Gasteiger partial charge is 0.481 e. The molecule has 23 heavy (non-hydrogen) atoms. The number of carbonyl (C=O) groups is 2. The molecule has 1 aromatic rings. The first-order valence-electron chi connectivity index (χ1n) is 8.29. The number of piperidine rings is 1. The monoisotopic (exact) mass is 313 g/mol. The fraction of sp³-hybridized carbons (Fsp3) is 0.474. The number of benzene rings is 1. The molecule has 1 saturated heterocycles. The van der Waals surface area contributed by atoms with Gasteiger partial charge in [-0.05, 0) is 44.1 Å². The molecule has 1 aliphatic heterocycles. The molecule has 4 heteroatoms. The van der Waals surface area contributed by atoms with Gasteiger partial charge in [0.2, 0.25) is 5.91 Å². The number of amides is 1. The normalized spacial score (nSPS) is 21.1. The smallest absolute Gasteiger partial charge is 0.314 e. The summed E-state index contributed by atoms with van der Waals surface area (Å²) in [6.45, 7) is 3.01. The lowest BCUT2D eigenvalue weighted by Gasteiger charge is -2.39. The Balaban J connectivity index is 1.72. The van der Waals surface area contributed by atoms with Crippen LogP contribution in [0.3, 0.4) is 0 Å². The van der Waals surface area contributed by atoms with Crippen molar-refractivity contribution >= 4 is 11.9 Å². The maximum absolute atomic E-state index is 12.4. The number of aliphatic carboxylic acids is 1. The number of likely N-dealkylation sites (tertiary alicyclic amines) is 1. The molecule has 0 aromatic heterocycles. The van der Waals surface area contributed by atoms with E-state index in [1.165, 1.54) is 12.8 Å². The molecule has 1 aliphatic carbocycles. The number of carboxylic acid groups (broad SMARTS) is 1. The van der Waals surface area contributed by atoms with Crippen molar-refractivity contribution in [2.45, 2.75) is 38.0 Å². The van der Waals surface area contributed by atoms with Crippen molar-refractivity contribution in [3.63, 3.8) is 0 Å². The Bertz CT molecular complexity index is 623. The highest BCUT2D eigenvalue weighted by molar-refractivity contribution is 5.89. The van der Waals surface area contributed by atoms with Gasteiger partial charge in [-0.3, -0.25) is 9.59 Å². The van der Waals surface area contributed by atoms with E-state index < -0.39 is 11.4 Å². The first kappa shape index (κ1) is 15.8. The predicted octanol–water partition coefficient (Wildman–Crippen LogP) is 2.99. The van der Waals surface area contributed by atoms with E-state index in [2.05, 4.69) is 0 Å². The second kappa shape index (κ2) is 6.19. The minimum absolute atomic E-state index is 0.0291. The Hall–Kier alpha value is -2.10. The fourth-order valence-corrected chi connectivity index (χ4v) is 3.43. The van der Waals surface area contributed by atoms with E-state index in [0.717, 1.165) is 11.1 Å². The molecule has 2 aliphatic rings. The topological polar surface area (TPSA) is 57.6 Å². The zero-order valence-electron chi connectivity index (χ0n) is 13.5. The summed E-state index contributed by atoms with van der Waals surface area (Å²) in [7, 11) is 0. The van der Waals surface area contributed by atoms with Gasteiger partial charge >= 0.3 is 5.97 Å². The summed E-state index contributed by atoms with van der Waals surface area (Å²) in [5.41, 5.74) is 1.13. The van der Waals surface area contributed by atoms with Crippen LogP contribution in [-0.4, -0.2) is 35.0 Å². The molecule has 0 spiro atoms. The number of carbonyl (C=O) groups excluding carboxylic acids is 1. The van der Waals surface area contributed by atoms with Crippen LogP contribution in [0.5, 0.6) is 0 Å². The maximum atomic E-state index is 12.4. The zero-order valence-corrected chi connectivity index (χ0v) is 13.5. The number of carboxylic acids is 1. The van der Waals surface area contributed by atoms with Crippen LogP contribution in [0.4, 0.5) is 0 Å². The molecule has 2 fully saturated rings. The van der Waals surface area contributed by atoms with Crippen LogP contribution in [0.1, 0.15) is 38.2 Å². The van der Waals surface area contributed by atoms with Crippen molar-refractivity contribution in [2.75, 3.05) is 13.1 Å². The highest BCUT2D eigenvalue weighted by Crippen LogP contribution is 2.37. The second-order valence-electron chi connectivity index (χ2n) is 6.74. The Labute approximate surface area is 136 Å². The Morgan fingerprint density at radius 2 is 1.78 bits per heavy atom. The van der Waals surface area contributed by atoms with Crippen molar-refractivity contribution in [1.29, 1.82) is 0 Å². The minimum atomic E-state index is -0.868. The van der Waals surface area contributed by atoms with Crippen molar-refractivity contribution in [2.24, 2.45) is 5.92 Å². The molecule has 122 valence electrons. The Morgan fingerprint density at radius 3 is 2.30 bits per heavy atom. The molecular weight excluding hydrogens is 290 g/mol. The second-order valence-corrected chi connectivity index (χ2v) is 6.74. The molecular formula is C19H23NO3. The number of allylic oxidation sites excluding steroid dienone is 1. The summed E-state index contributed by atoms with van der Waals surface area (Å²) in [4.78, 5) is 26.1. The van der Waals surface area contributed by atoms with Crippen LogP contribution < -0.4 is 0 Å². The average molecular weight is 313 g/mol. The van der Waals surface area contributed by atoms with Crippen LogP contribution in [-0.2, 0) is 15.0 Å². The van der Waals surface area contributed by atoms with E-state index in [1.807, 2.05) is 37.3 Å². The van der Waals surface area contributed by atoms with Gasteiger partial charge in [-0.25, -0.2) is 0 Å². The zero-order chi connectivity index (χ0) is 16.4. The first-order chi connectivity index (χ1) is 11.0. The lowest BCUT2D eigenvalue weighted by atomic mass is 9.73. The molecule has 1 N–H and O–H groups in total. The van der Waals surface area contributed by atoms with Gasteiger partial charge < -0.3 is 10.0 Å². The lowest BCUT2D eigenvalue weighted by molar-refractivity contribution is -0.147. The van der Waals surface area contributed by atoms with Gasteiger partial charge in [0, 0.05) is 19.2 Å². The predicted molar refractivity (Wildman–Crippen MR) is 88.1 cm³/mol. The SMILES string of the molecule is C/C(=C\C(=O)N1CCC(C(=O)O)(c2ccccc2)CC1)C1CC1. The summed E-state index contributed by atoms with van der Waals surface area (Å²) in [6.07, 6.45) is 5.05. The van der Waals surface area contributed by atoms with Crippen LogP contribution in [0.15, 0.2) is 42.0 Å². The molecule has 0 radical (unpaired) electrons. The summed E-state index contributed by atoms with van der Waals surface area (Å²) in [6, 6.07) is 9.40. The summed E-state index contributed by atoms with van der Waals surface area (Å²) in [5, 5.41) is 9.78. The van der Waals surface area contributed by atoms with Gasteiger partial charge in [-0.15, -0.1) is 0 Å². The van der Waals surface area contributed by atoms with E-state index in [0.29, 0.717) is 31.8 Å². The van der Waals surface area contributed by atoms with Gasteiger partial charge in [0.1, 0.15) is 0 Å². The molecule has 1 aromatic carbocycles. The molecule has 0 bridgehead atoms. The summed E-state index contributed by atoms with van der Waals surface area (Å²) < 4.78 is 0. The summed E-state index contributed by atoms with van der Waals surface area (Å²) >= 11 is 0. The number of nitrogens with zero attached hydrogens (tertiary/aromatic N) is 1. The van der Waals surface area contributed by atoms with Gasteiger partial charge in [0.15, 0.2) is 0 Å².